The summed E-state index contributed by atoms with van der Waals surface area (Å²) in [6.45, 7) is 5.98. The fraction of sp³-hybridized carbons (Fsp3) is 0.522. The quantitative estimate of drug-likeness (QED) is 0.685. The van der Waals surface area contributed by atoms with Crippen LogP contribution in [-0.2, 0) is 28.9 Å². The van der Waals surface area contributed by atoms with E-state index in [9.17, 15) is 18.4 Å². The molecule has 0 unspecified atom stereocenters. The van der Waals surface area contributed by atoms with Crippen LogP contribution >= 0.6 is 0 Å². The molecule has 1 aromatic carbocycles. The molecule has 2 heterocycles. The number of carbonyl (C=O) groups excluding carboxylic acids is 2. The van der Waals surface area contributed by atoms with Gasteiger partial charge < -0.3 is 14.8 Å². The summed E-state index contributed by atoms with van der Waals surface area (Å²) in [4.78, 5) is 25.0. The molecular weight excluding hydrogens is 420 g/mol. The minimum atomic E-state index is -1.22. The fourth-order valence-electron chi connectivity index (χ4n) is 3.68. The van der Waals surface area contributed by atoms with E-state index >= 15 is 0 Å². The van der Waals surface area contributed by atoms with Crippen molar-refractivity contribution >= 4 is 11.9 Å². The molecule has 1 aromatic heterocycles. The molecule has 1 amide bonds. The molecule has 0 saturated carbocycles. The van der Waals surface area contributed by atoms with Crippen molar-refractivity contribution in [2.75, 3.05) is 26.4 Å². The number of nitrogens with zero attached hydrogens (tertiary/aromatic N) is 2. The minimum Gasteiger partial charge on any atom is -0.462 e. The van der Waals surface area contributed by atoms with E-state index in [1.165, 1.54) is 12.1 Å². The molecule has 0 bridgehead atoms. The van der Waals surface area contributed by atoms with E-state index in [0.29, 0.717) is 44.7 Å². The Labute approximate surface area is 186 Å². The van der Waals surface area contributed by atoms with Crippen LogP contribution in [0.25, 0.3) is 0 Å². The number of halogens is 2. The van der Waals surface area contributed by atoms with Crippen molar-refractivity contribution in [2.24, 2.45) is 5.92 Å². The van der Waals surface area contributed by atoms with Gasteiger partial charge in [0.25, 0.3) is 5.91 Å². The molecule has 0 aliphatic carbocycles. The van der Waals surface area contributed by atoms with Crippen LogP contribution in [0.3, 0.4) is 0 Å². The fourth-order valence-corrected chi connectivity index (χ4v) is 3.68. The number of amides is 1. The Bertz CT molecular complexity index is 961. The first-order valence-electron chi connectivity index (χ1n) is 11.0. The molecule has 32 heavy (non-hydrogen) atoms. The topological polar surface area (TPSA) is 82.5 Å². The molecule has 9 heteroatoms. The zero-order valence-corrected chi connectivity index (χ0v) is 18.5. The average Bonchev–Trinajstić information content (AvgIpc) is 3.10. The Kier molecular flexibility index (Phi) is 8.33. The lowest BCUT2D eigenvalue weighted by Crippen LogP contribution is -2.27. The zero-order valence-electron chi connectivity index (χ0n) is 18.5. The normalized spacial score (nSPS) is 15.9. The second-order valence-corrected chi connectivity index (χ2v) is 7.93. The number of carbonyl (C=O) groups is 2. The van der Waals surface area contributed by atoms with Crippen molar-refractivity contribution in [3.05, 3.63) is 52.3 Å². The molecule has 1 N–H and O–H groups in total. The highest BCUT2D eigenvalue weighted by Gasteiger charge is 2.24. The second-order valence-electron chi connectivity index (χ2n) is 7.93. The largest absolute Gasteiger partial charge is 0.462 e. The first-order chi connectivity index (χ1) is 15.4. The van der Waals surface area contributed by atoms with E-state index in [0.717, 1.165) is 30.3 Å². The Morgan fingerprint density at radius 1 is 1.31 bits per heavy atom. The first-order valence-corrected chi connectivity index (χ1v) is 11.0. The van der Waals surface area contributed by atoms with Crippen molar-refractivity contribution in [2.45, 2.75) is 46.1 Å². The van der Waals surface area contributed by atoms with Crippen LogP contribution in [0, 0.1) is 17.6 Å². The van der Waals surface area contributed by atoms with Crippen molar-refractivity contribution in [1.82, 2.24) is 15.1 Å². The molecule has 0 spiro atoms. The van der Waals surface area contributed by atoms with Crippen LogP contribution in [0.4, 0.5) is 8.78 Å². The number of esters is 1. The van der Waals surface area contributed by atoms with Gasteiger partial charge in [-0.25, -0.2) is 13.6 Å². The van der Waals surface area contributed by atoms with Gasteiger partial charge >= 0.3 is 5.97 Å². The monoisotopic (exact) mass is 449 g/mol. The van der Waals surface area contributed by atoms with E-state index in [1.54, 1.807) is 4.68 Å². The van der Waals surface area contributed by atoms with Crippen LogP contribution in [0.15, 0.2) is 18.2 Å². The maximum absolute atomic E-state index is 13.8. The number of aryl methyl sites for hydroxylation is 1. The van der Waals surface area contributed by atoms with Crippen LogP contribution in [-0.4, -0.2) is 48.0 Å². The van der Waals surface area contributed by atoms with E-state index < -0.39 is 23.2 Å². The Morgan fingerprint density at radius 2 is 2.09 bits per heavy atom. The van der Waals surface area contributed by atoms with Crippen LogP contribution in [0.1, 0.15) is 58.8 Å². The van der Waals surface area contributed by atoms with Crippen molar-refractivity contribution < 1.29 is 27.8 Å². The average molecular weight is 449 g/mol. The highest BCUT2D eigenvalue weighted by atomic mass is 19.2. The van der Waals surface area contributed by atoms with Gasteiger partial charge in [0.1, 0.15) is 0 Å². The maximum atomic E-state index is 13.8. The Hall–Kier alpha value is -2.81. The van der Waals surface area contributed by atoms with Crippen LogP contribution in [0.2, 0.25) is 0 Å². The predicted molar refractivity (Wildman–Crippen MR) is 113 cm³/mol. The highest BCUT2D eigenvalue weighted by Crippen LogP contribution is 2.20. The van der Waals surface area contributed by atoms with E-state index in [1.807, 2.05) is 13.8 Å². The highest BCUT2D eigenvalue weighted by molar-refractivity contribution is 5.96. The Balaban J connectivity index is 1.72. The predicted octanol–water partition coefficient (Wildman–Crippen LogP) is 3.30. The summed E-state index contributed by atoms with van der Waals surface area (Å²) >= 11 is 0. The van der Waals surface area contributed by atoms with Crippen molar-refractivity contribution in [1.29, 1.82) is 0 Å². The number of hydrogen-bond donors (Lipinski definition) is 1. The molecule has 0 radical (unpaired) electrons. The molecule has 0 fully saturated rings. The summed E-state index contributed by atoms with van der Waals surface area (Å²) in [5, 5.41) is 7.58. The standard InChI is InChI=1S/C23H29F2N3O4/c1-3-18-20-19(9-5-11-31-12-6-10-26-22(20)29)28(27-18)13-15(2)14-32-23(30)16-7-4-8-17(24)21(16)25/h4,7-8,15H,3,5-6,9-14H2,1-2H3,(H,26,29)/t15-/m1/s1. The molecule has 3 rings (SSSR count). The van der Waals surface area contributed by atoms with Gasteiger partial charge in [0, 0.05) is 32.2 Å². The number of aromatic nitrogens is 2. The molecule has 1 atom stereocenters. The molecule has 1 aliphatic heterocycles. The van der Waals surface area contributed by atoms with Crippen molar-refractivity contribution in [3.8, 4) is 0 Å². The van der Waals surface area contributed by atoms with E-state index in [-0.39, 0.29) is 18.4 Å². The van der Waals surface area contributed by atoms with E-state index in [2.05, 4.69) is 10.4 Å². The van der Waals surface area contributed by atoms with Crippen LogP contribution in [0.5, 0.6) is 0 Å². The van der Waals surface area contributed by atoms with Gasteiger partial charge in [-0.2, -0.15) is 5.10 Å². The van der Waals surface area contributed by atoms with Gasteiger partial charge in [-0.3, -0.25) is 9.48 Å². The summed E-state index contributed by atoms with van der Waals surface area (Å²) in [7, 11) is 0. The maximum Gasteiger partial charge on any atom is 0.341 e. The van der Waals surface area contributed by atoms with Crippen molar-refractivity contribution in [3.63, 3.8) is 0 Å². The lowest BCUT2D eigenvalue weighted by Gasteiger charge is -2.15. The number of hydrogen-bond acceptors (Lipinski definition) is 5. The first kappa shape index (κ1) is 23.8. The number of fused-ring (bicyclic) bond motifs is 1. The lowest BCUT2D eigenvalue weighted by molar-refractivity contribution is 0.0429. The second kappa shape index (κ2) is 11.2. The smallest absolute Gasteiger partial charge is 0.341 e. The molecule has 7 nitrogen and oxygen atoms in total. The minimum absolute atomic E-state index is 0.000184. The summed E-state index contributed by atoms with van der Waals surface area (Å²) < 4.78 is 39.8. The molecule has 0 saturated heterocycles. The number of ether oxygens (including phenoxy) is 2. The summed E-state index contributed by atoms with van der Waals surface area (Å²) in [5.74, 6) is -3.53. The molecule has 1 aliphatic rings. The van der Waals surface area contributed by atoms with Crippen LogP contribution < -0.4 is 5.32 Å². The molecule has 174 valence electrons. The third-order valence-corrected chi connectivity index (χ3v) is 5.30. The van der Waals surface area contributed by atoms with Gasteiger partial charge in [-0.1, -0.05) is 19.9 Å². The zero-order chi connectivity index (χ0) is 23.1. The summed E-state index contributed by atoms with van der Waals surface area (Å²) in [6.07, 6.45) is 2.76. The number of nitrogens with one attached hydrogen (secondary N) is 1. The van der Waals surface area contributed by atoms with Gasteiger partial charge in [-0.05, 0) is 37.8 Å². The SMILES string of the molecule is CCc1nn(C[C@@H](C)COC(=O)c2cccc(F)c2F)c2c1C(=O)NCCCOCCC2. The van der Waals surface area contributed by atoms with Gasteiger partial charge in [0.15, 0.2) is 11.6 Å². The number of rotatable bonds is 6. The van der Waals surface area contributed by atoms with Gasteiger partial charge in [-0.15, -0.1) is 0 Å². The third-order valence-electron chi connectivity index (χ3n) is 5.30. The summed E-state index contributed by atoms with van der Waals surface area (Å²) in [5.41, 5.74) is 1.73. The third kappa shape index (κ3) is 5.70. The Morgan fingerprint density at radius 3 is 2.88 bits per heavy atom. The number of benzene rings is 1. The molecule has 2 aromatic rings. The molecular formula is C23H29F2N3O4. The van der Waals surface area contributed by atoms with Gasteiger partial charge in [0.05, 0.1) is 29.1 Å². The summed E-state index contributed by atoms with van der Waals surface area (Å²) in [6, 6.07) is 3.39. The lowest BCUT2D eigenvalue weighted by atomic mass is 10.1. The van der Waals surface area contributed by atoms with E-state index in [4.69, 9.17) is 9.47 Å². The van der Waals surface area contributed by atoms with Gasteiger partial charge in [0.2, 0.25) is 0 Å².